The highest BCUT2D eigenvalue weighted by molar-refractivity contribution is 5.91. The Morgan fingerprint density at radius 1 is 0.400 bits per heavy atom. The summed E-state index contributed by atoms with van der Waals surface area (Å²) in [7, 11) is 0. The van der Waals surface area contributed by atoms with Crippen molar-refractivity contribution in [2.24, 2.45) is 0 Å². The predicted octanol–water partition coefficient (Wildman–Crippen LogP) is 6.96. The maximum Gasteiger partial charge on any atom is 0.226 e. The first-order valence-corrected chi connectivity index (χ1v) is 10.2. The second-order valence-electron chi connectivity index (χ2n) is 7.26. The molecule has 0 fully saturated rings. The summed E-state index contributed by atoms with van der Waals surface area (Å²) in [5.74, 6) is 0. The lowest BCUT2D eigenvalue weighted by Gasteiger charge is -2.15. The van der Waals surface area contributed by atoms with E-state index in [0.29, 0.717) is 0 Å². The number of nitrogens with zero attached hydrogens (tertiary/aromatic N) is 1. The van der Waals surface area contributed by atoms with Crippen LogP contribution in [-0.4, -0.2) is 0 Å². The third-order valence-electron chi connectivity index (χ3n) is 5.37. The van der Waals surface area contributed by atoms with Crippen LogP contribution in [0.1, 0.15) is 0 Å². The van der Waals surface area contributed by atoms with Gasteiger partial charge in [-0.1, -0.05) is 97.1 Å². The molecule has 30 heavy (non-hydrogen) atoms. The monoisotopic (exact) mass is 384 g/mol. The average molecular weight is 385 g/mol. The van der Waals surface area contributed by atoms with Crippen LogP contribution in [-0.2, 0) is 0 Å². The Labute approximate surface area is 177 Å². The zero-order valence-electron chi connectivity index (χ0n) is 16.6. The second kappa shape index (κ2) is 8.18. The van der Waals surface area contributed by atoms with Crippen molar-refractivity contribution in [3.05, 3.63) is 134 Å². The third kappa shape index (κ3) is 3.42. The normalized spacial score (nSPS) is 10.7. The van der Waals surface area contributed by atoms with Crippen LogP contribution in [0.15, 0.2) is 134 Å². The van der Waals surface area contributed by atoms with Crippen molar-refractivity contribution in [3.8, 4) is 39.2 Å². The molecule has 1 heteroatoms. The minimum atomic E-state index is 1.15. The number of benzene rings is 4. The van der Waals surface area contributed by atoms with Gasteiger partial charge in [0.05, 0.1) is 5.56 Å². The van der Waals surface area contributed by atoms with Gasteiger partial charge in [0.25, 0.3) is 0 Å². The summed E-state index contributed by atoms with van der Waals surface area (Å²) in [4.78, 5) is 0. The molecule has 0 aliphatic heterocycles. The van der Waals surface area contributed by atoms with Crippen LogP contribution in [0.25, 0.3) is 39.2 Å². The molecular weight excluding hydrogens is 362 g/mol. The second-order valence-corrected chi connectivity index (χ2v) is 7.26. The largest absolute Gasteiger partial charge is 0.226 e. The summed E-state index contributed by atoms with van der Waals surface area (Å²) in [6.07, 6.45) is 2.19. The molecule has 0 saturated carbocycles. The molecular formula is C29H22N+. The Morgan fingerprint density at radius 3 is 1.43 bits per heavy atom. The van der Waals surface area contributed by atoms with Gasteiger partial charge < -0.3 is 0 Å². The predicted molar refractivity (Wildman–Crippen MR) is 124 cm³/mol. The number of rotatable bonds is 4. The number of para-hydroxylation sites is 1. The lowest BCUT2D eigenvalue weighted by molar-refractivity contribution is -0.583. The van der Waals surface area contributed by atoms with E-state index in [9.17, 15) is 0 Å². The molecule has 1 nitrogen and oxygen atoms in total. The van der Waals surface area contributed by atoms with Crippen molar-refractivity contribution < 1.29 is 4.57 Å². The first-order chi connectivity index (χ1) is 14.9. The van der Waals surface area contributed by atoms with Gasteiger partial charge in [0, 0.05) is 29.3 Å². The highest BCUT2D eigenvalue weighted by Crippen LogP contribution is 2.38. The first kappa shape index (κ1) is 18.1. The smallest absolute Gasteiger partial charge is 0.159 e. The molecule has 0 aliphatic rings. The van der Waals surface area contributed by atoms with Gasteiger partial charge in [-0.2, -0.15) is 4.57 Å². The zero-order chi connectivity index (χ0) is 20.2. The molecule has 0 saturated heterocycles. The Bertz CT molecular complexity index is 1140. The van der Waals surface area contributed by atoms with Crippen LogP contribution in [0, 0.1) is 0 Å². The number of hydrogen-bond donors (Lipinski definition) is 0. The number of pyridine rings is 1. The van der Waals surface area contributed by atoms with E-state index >= 15 is 0 Å². The highest BCUT2D eigenvalue weighted by atomic mass is 15.0. The summed E-state index contributed by atoms with van der Waals surface area (Å²) in [6, 6.07) is 44.8. The fraction of sp³-hybridized carbons (Fsp3) is 0. The van der Waals surface area contributed by atoms with Gasteiger partial charge in [-0.3, -0.25) is 0 Å². The van der Waals surface area contributed by atoms with Gasteiger partial charge in [0.15, 0.2) is 6.20 Å². The molecule has 1 heterocycles. The van der Waals surface area contributed by atoms with Crippen LogP contribution in [0.3, 0.4) is 0 Å². The molecule has 142 valence electrons. The molecule has 0 radical (unpaired) electrons. The minimum absolute atomic E-state index is 1.15. The van der Waals surface area contributed by atoms with Gasteiger partial charge in [0.1, 0.15) is 0 Å². The van der Waals surface area contributed by atoms with Gasteiger partial charge in [0.2, 0.25) is 11.4 Å². The molecule has 5 aromatic rings. The molecule has 0 spiro atoms. The van der Waals surface area contributed by atoms with E-state index in [1.54, 1.807) is 0 Å². The SMILES string of the molecule is c1ccc(-c2cc[n+](-c3ccccc3)c(-c3ccccc3)c2-c2ccccc2)cc1. The summed E-state index contributed by atoms with van der Waals surface area (Å²) in [6.45, 7) is 0. The fourth-order valence-electron chi connectivity index (χ4n) is 3.99. The quantitative estimate of drug-likeness (QED) is 0.295. The van der Waals surface area contributed by atoms with Crippen LogP contribution < -0.4 is 4.57 Å². The van der Waals surface area contributed by atoms with Gasteiger partial charge in [-0.15, -0.1) is 0 Å². The van der Waals surface area contributed by atoms with Crippen LogP contribution >= 0.6 is 0 Å². The van der Waals surface area contributed by atoms with E-state index in [4.69, 9.17) is 0 Å². The van der Waals surface area contributed by atoms with Crippen molar-refractivity contribution >= 4 is 0 Å². The van der Waals surface area contributed by atoms with Gasteiger partial charge >= 0.3 is 0 Å². The van der Waals surface area contributed by atoms with Crippen LogP contribution in [0.5, 0.6) is 0 Å². The van der Waals surface area contributed by atoms with E-state index < -0.39 is 0 Å². The van der Waals surface area contributed by atoms with Crippen molar-refractivity contribution in [1.29, 1.82) is 0 Å². The summed E-state index contributed by atoms with van der Waals surface area (Å²) in [5, 5.41) is 0. The molecule has 0 unspecified atom stereocenters. The Morgan fingerprint density at radius 2 is 0.867 bits per heavy atom. The van der Waals surface area contributed by atoms with Crippen LogP contribution in [0.2, 0.25) is 0 Å². The van der Waals surface area contributed by atoms with E-state index in [1.807, 2.05) is 0 Å². The Hall–Kier alpha value is -3.97. The van der Waals surface area contributed by atoms with E-state index in [0.717, 1.165) is 5.69 Å². The van der Waals surface area contributed by atoms with Crippen molar-refractivity contribution in [1.82, 2.24) is 0 Å². The third-order valence-corrected chi connectivity index (χ3v) is 5.37. The molecule has 1 aromatic heterocycles. The molecule has 0 amide bonds. The first-order valence-electron chi connectivity index (χ1n) is 10.2. The topological polar surface area (TPSA) is 3.88 Å². The molecule has 0 atom stereocenters. The standard InChI is InChI=1S/C29H22N/c1-5-13-23(14-6-1)27-21-22-30(26-19-11-4-12-20-26)29(25-17-9-3-10-18-25)28(27)24-15-7-2-8-16-24/h1-22H/q+1. The van der Waals surface area contributed by atoms with E-state index in [-0.39, 0.29) is 0 Å². The van der Waals surface area contributed by atoms with Gasteiger partial charge in [-0.25, -0.2) is 0 Å². The van der Waals surface area contributed by atoms with E-state index in [1.165, 1.54) is 33.5 Å². The lowest BCUT2D eigenvalue weighted by atomic mass is 9.90. The van der Waals surface area contributed by atoms with Gasteiger partial charge in [-0.05, 0) is 23.3 Å². The maximum absolute atomic E-state index is 2.30. The van der Waals surface area contributed by atoms with Crippen LogP contribution in [0.4, 0.5) is 0 Å². The minimum Gasteiger partial charge on any atom is -0.159 e. The summed E-state index contributed by atoms with van der Waals surface area (Å²) < 4.78 is 2.30. The fourth-order valence-corrected chi connectivity index (χ4v) is 3.99. The summed E-state index contributed by atoms with van der Waals surface area (Å²) in [5.41, 5.74) is 8.42. The average Bonchev–Trinajstić information content (AvgIpc) is 2.85. The lowest BCUT2D eigenvalue weighted by Crippen LogP contribution is -2.33. The molecule has 4 aromatic carbocycles. The molecule has 0 bridgehead atoms. The number of aromatic nitrogens is 1. The zero-order valence-corrected chi connectivity index (χ0v) is 16.6. The van der Waals surface area contributed by atoms with E-state index in [2.05, 4.69) is 138 Å². The Balaban J connectivity index is 1.91. The molecule has 0 N–H and O–H groups in total. The Kier molecular flexibility index (Phi) is 4.93. The van der Waals surface area contributed by atoms with Crippen molar-refractivity contribution in [2.75, 3.05) is 0 Å². The maximum atomic E-state index is 2.30. The number of hydrogen-bond acceptors (Lipinski definition) is 0. The van der Waals surface area contributed by atoms with Crippen molar-refractivity contribution in [3.63, 3.8) is 0 Å². The van der Waals surface area contributed by atoms with Crippen molar-refractivity contribution in [2.45, 2.75) is 0 Å². The molecule has 0 aliphatic carbocycles. The summed E-state index contributed by atoms with van der Waals surface area (Å²) >= 11 is 0. The highest BCUT2D eigenvalue weighted by Gasteiger charge is 2.25. The molecule has 5 rings (SSSR count).